The minimum atomic E-state index is -1.28. The normalized spacial score (nSPS) is 15.7. The molecule has 0 radical (unpaired) electrons. The Kier molecular flexibility index (Phi) is 21.7. The van der Waals surface area contributed by atoms with Gasteiger partial charge in [0.1, 0.15) is 12.2 Å². The summed E-state index contributed by atoms with van der Waals surface area (Å²) in [6.45, 7) is 3.84. The molecule has 194 valence electrons. The molecule has 5 N–H and O–H groups in total. The monoisotopic (exact) mass is 469 g/mol. The van der Waals surface area contributed by atoms with E-state index in [-0.39, 0.29) is 0 Å². The van der Waals surface area contributed by atoms with Crippen molar-refractivity contribution in [1.29, 1.82) is 0 Å². The third-order valence-corrected chi connectivity index (χ3v) is 5.88. The smallest absolute Gasteiger partial charge is 0.249 e. The number of nitrogens with one attached hydrogen (secondary N) is 1. The van der Waals surface area contributed by atoms with Gasteiger partial charge < -0.3 is 25.7 Å². The van der Waals surface area contributed by atoms with Crippen LogP contribution in [0.4, 0.5) is 0 Å². The molecule has 0 fully saturated rings. The summed E-state index contributed by atoms with van der Waals surface area (Å²) in [6, 6.07) is -0.998. The Morgan fingerprint density at radius 1 is 0.727 bits per heavy atom. The highest BCUT2D eigenvalue weighted by Gasteiger charge is 2.28. The molecule has 0 aliphatic carbocycles. The Morgan fingerprint density at radius 2 is 1.24 bits per heavy atom. The van der Waals surface area contributed by atoms with E-state index in [2.05, 4.69) is 43.5 Å². The summed E-state index contributed by atoms with van der Waals surface area (Å²) in [7, 11) is 0. The lowest BCUT2D eigenvalue weighted by Crippen LogP contribution is -2.53. The van der Waals surface area contributed by atoms with Gasteiger partial charge in [-0.25, -0.2) is 0 Å². The summed E-state index contributed by atoms with van der Waals surface area (Å²) in [4.78, 5) is 12.2. The van der Waals surface area contributed by atoms with Crippen LogP contribution in [0.5, 0.6) is 0 Å². The van der Waals surface area contributed by atoms with E-state index in [1.54, 1.807) is 0 Å². The molecule has 33 heavy (non-hydrogen) atoms. The van der Waals surface area contributed by atoms with Crippen molar-refractivity contribution in [3.63, 3.8) is 0 Å². The fourth-order valence-electron chi connectivity index (χ4n) is 3.60. The number of allylic oxidation sites excluding steroid dienone is 4. The van der Waals surface area contributed by atoms with Gasteiger partial charge in [-0.3, -0.25) is 4.79 Å². The van der Waals surface area contributed by atoms with Crippen LogP contribution in [-0.2, 0) is 4.79 Å². The van der Waals surface area contributed by atoms with Crippen LogP contribution in [0.1, 0.15) is 110 Å². The van der Waals surface area contributed by atoms with E-state index >= 15 is 0 Å². The first-order valence-corrected chi connectivity index (χ1v) is 13.2. The minimum absolute atomic E-state index is 0.347. The van der Waals surface area contributed by atoms with E-state index in [4.69, 9.17) is 0 Å². The first-order chi connectivity index (χ1) is 16.0. The molecule has 6 nitrogen and oxygen atoms in total. The van der Waals surface area contributed by atoms with Gasteiger partial charge in [0.15, 0.2) is 0 Å². The molecule has 0 aromatic heterocycles. The van der Waals surface area contributed by atoms with Crippen molar-refractivity contribution >= 4 is 5.91 Å². The largest absolute Gasteiger partial charge is 0.394 e. The lowest BCUT2D eigenvalue weighted by molar-refractivity contribution is -0.132. The van der Waals surface area contributed by atoms with Gasteiger partial charge in [0.05, 0.1) is 18.8 Å². The molecule has 0 aromatic rings. The Labute approximate surface area is 202 Å². The highest BCUT2D eigenvalue weighted by atomic mass is 16.3. The number of hydrogen-bond acceptors (Lipinski definition) is 5. The van der Waals surface area contributed by atoms with E-state index in [9.17, 15) is 25.2 Å². The minimum Gasteiger partial charge on any atom is -0.394 e. The standard InChI is InChI=1S/C27H51NO5/c1-3-5-7-9-11-12-13-15-17-19-21-25(31)27(33)28-23(22-29)26(32)24(30)20-18-16-14-10-8-6-4-2/h9-11,14,23-26,29-32H,3-8,12-13,15-22H2,1-2H3,(H,28,33)/b11-9-,14-10+. The summed E-state index contributed by atoms with van der Waals surface area (Å²) in [5, 5.41) is 42.7. The second-order valence-corrected chi connectivity index (χ2v) is 9.02. The molecular formula is C27H51NO5. The Morgan fingerprint density at radius 3 is 1.79 bits per heavy atom. The maximum absolute atomic E-state index is 12.2. The van der Waals surface area contributed by atoms with Gasteiger partial charge in [-0.1, -0.05) is 83.1 Å². The van der Waals surface area contributed by atoms with E-state index < -0.39 is 36.9 Å². The molecular weight excluding hydrogens is 418 g/mol. The maximum atomic E-state index is 12.2. The quantitative estimate of drug-likeness (QED) is 0.118. The molecule has 0 aromatic carbocycles. The molecule has 0 spiro atoms. The summed E-state index contributed by atoms with van der Waals surface area (Å²) < 4.78 is 0. The number of hydrogen-bond donors (Lipinski definition) is 5. The zero-order chi connectivity index (χ0) is 24.7. The predicted molar refractivity (Wildman–Crippen MR) is 136 cm³/mol. The third kappa shape index (κ3) is 17.9. The van der Waals surface area contributed by atoms with Crippen molar-refractivity contribution in [2.24, 2.45) is 0 Å². The summed E-state index contributed by atoms with van der Waals surface area (Å²) in [5.74, 6) is -0.613. The fraction of sp³-hybridized carbons (Fsp3) is 0.815. The zero-order valence-corrected chi connectivity index (χ0v) is 21.1. The number of amides is 1. The third-order valence-electron chi connectivity index (χ3n) is 5.88. The Hall–Kier alpha value is -1.21. The van der Waals surface area contributed by atoms with E-state index in [0.29, 0.717) is 19.3 Å². The number of carbonyl (C=O) groups is 1. The lowest BCUT2D eigenvalue weighted by Gasteiger charge is -2.27. The second-order valence-electron chi connectivity index (χ2n) is 9.02. The lowest BCUT2D eigenvalue weighted by atomic mass is 10.00. The van der Waals surface area contributed by atoms with Crippen LogP contribution in [0.15, 0.2) is 24.3 Å². The van der Waals surface area contributed by atoms with Crippen molar-refractivity contribution < 1.29 is 25.2 Å². The van der Waals surface area contributed by atoms with E-state index in [1.807, 2.05) is 0 Å². The molecule has 1 amide bonds. The Balaban J connectivity index is 4.06. The topological polar surface area (TPSA) is 110 Å². The molecule has 4 unspecified atom stereocenters. The van der Waals surface area contributed by atoms with Crippen molar-refractivity contribution in [2.75, 3.05) is 6.61 Å². The van der Waals surface area contributed by atoms with Crippen LogP contribution in [0, 0.1) is 0 Å². The van der Waals surface area contributed by atoms with Crippen LogP contribution in [0.25, 0.3) is 0 Å². The summed E-state index contributed by atoms with van der Waals surface area (Å²) in [6.07, 6.45) is 19.4. The highest BCUT2D eigenvalue weighted by molar-refractivity contribution is 5.80. The molecule has 0 rings (SSSR count). The van der Waals surface area contributed by atoms with Crippen LogP contribution in [0.2, 0.25) is 0 Å². The molecule has 6 heteroatoms. The van der Waals surface area contributed by atoms with Crippen molar-refractivity contribution in [2.45, 2.75) is 135 Å². The molecule has 0 heterocycles. The van der Waals surface area contributed by atoms with Crippen LogP contribution < -0.4 is 5.32 Å². The van der Waals surface area contributed by atoms with Gasteiger partial charge in [0, 0.05) is 0 Å². The molecule has 0 bridgehead atoms. The van der Waals surface area contributed by atoms with Crippen molar-refractivity contribution in [1.82, 2.24) is 5.32 Å². The number of aliphatic hydroxyl groups is 4. The van der Waals surface area contributed by atoms with Crippen LogP contribution in [-0.4, -0.2) is 57.3 Å². The summed E-state index contributed by atoms with van der Waals surface area (Å²) in [5.41, 5.74) is 0. The van der Waals surface area contributed by atoms with Gasteiger partial charge in [-0.05, 0) is 51.4 Å². The first kappa shape index (κ1) is 31.8. The van der Waals surface area contributed by atoms with Gasteiger partial charge >= 0.3 is 0 Å². The van der Waals surface area contributed by atoms with Crippen molar-refractivity contribution in [3.8, 4) is 0 Å². The molecule has 0 saturated carbocycles. The van der Waals surface area contributed by atoms with Crippen LogP contribution in [0.3, 0.4) is 0 Å². The van der Waals surface area contributed by atoms with E-state index in [1.165, 1.54) is 19.3 Å². The summed E-state index contributed by atoms with van der Waals surface area (Å²) >= 11 is 0. The fourth-order valence-corrected chi connectivity index (χ4v) is 3.60. The van der Waals surface area contributed by atoms with Gasteiger partial charge in [0.25, 0.3) is 0 Å². The molecule has 0 aliphatic heterocycles. The SMILES string of the molecule is CCCC/C=C\CCCCCCC(O)C(=O)NC(CO)C(O)C(O)CCC/C=C/CCCC. The van der Waals surface area contributed by atoms with Gasteiger partial charge in [-0.2, -0.15) is 0 Å². The van der Waals surface area contributed by atoms with E-state index in [0.717, 1.165) is 57.8 Å². The number of unbranched alkanes of at least 4 members (excludes halogenated alkanes) is 9. The number of carbonyl (C=O) groups excluding carboxylic acids is 1. The highest BCUT2D eigenvalue weighted by Crippen LogP contribution is 2.12. The second kappa shape index (κ2) is 22.6. The predicted octanol–water partition coefficient (Wildman–Crippen LogP) is 4.55. The molecule has 0 saturated heterocycles. The first-order valence-electron chi connectivity index (χ1n) is 13.2. The Bertz CT molecular complexity index is 509. The maximum Gasteiger partial charge on any atom is 0.249 e. The van der Waals surface area contributed by atoms with Crippen LogP contribution >= 0.6 is 0 Å². The van der Waals surface area contributed by atoms with Gasteiger partial charge in [0.2, 0.25) is 5.91 Å². The molecule has 0 aliphatic rings. The average Bonchev–Trinajstić information content (AvgIpc) is 2.82. The zero-order valence-electron chi connectivity index (χ0n) is 21.1. The number of aliphatic hydroxyl groups excluding tert-OH is 4. The molecule has 4 atom stereocenters. The average molecular weight is 470 g/mol. The van der Waals surface area contributed by atoms with Crippen molar-refractivity contribution in [3.05, 3.63) is 24.3 Å². The number of rotatable bonds is 22. The van der Waals surface area contributed by atoms with Gasteiger partial charge in [-0.15, -0.1) is 0 Å².